The molecule has 0 saturated carbocycles. The second-order valence-electron chi connectivity index (χ2n) is 5.62. The van der Waals surface area contributed by atoms with Crippen LogP contribution in [-0.4, -0.2) is 20.9 Å². The van der Waals surface area contributed by atoms with Crippen molar-refractivity contribution >= 4 is 16.9 Å². The molecule has 0 aliphatic carbocycles. The van der Waals surface area contributed by atoms with Crippen LogP contribution in [-0.2, 0) is 17.8 Å². The van der Waals surface area contributed by atoms with Gasteiger partial charge in [0.15, 0.2) is 0 Å². The summed E-state index contributed by atoms with van der Waals surface area (Å²) in [6.07, 6.45) is -0.0552. The van der Waals surface area contributed by atoms with E-state index in [-0.39, 0.29) is 6.42 Å². The van der Waals surface area contributed by atoms with Crippen LogP contribution in [0.3, 0.4) is 0 Å². The van der Waals surface area contributed by atoms with Gasteiger partial charge in [-0.2, -0.15) is 5.10 Å². The number of aliphatic carboxylic acids is 1. The third-order valence-corrected chi connectivity index (χ3v) is 3.87. The zero-order valence-corrected chi connectivity index (χ0v) is 12.7. The van der Waals surface area contributed by atoms with Crippen LogP contribution in [0, 0.1) is 13.8 Å². The normalized spacial score (nSPS) is 11.0. The minimum Gasteiger partial charge on any atom is -0.481 e. The third kappa shape index (κ3) is 2.72. The molecule has 1 aromatic heterocycles. The molecule has 0 unspecified atom stereocenters. The van der Waals surface area contributed by atoms with Crippen molar-refractivity contribution in [2.24, 2.45) is 0 Å². The van der Waals surface area contributed by atoms with Crippen LogP contribution in [0.1, 0.15) is 22.4 Å². The van der Waals surface area contributed by atoms with E-state index in [1.165, 1.54) is 16.7 Å². The lowest BCUT2D eigenvalue weighted by molar-refractivity contribution is -0.136. The number of nitrogens with zero attached hydrogens (tertiary/aromatic N) is 2. The first-order valence-electron chi connectivity index (χ1n) is 7.27. The van der Waals surface area contributed by atoms with E-state index in [4.69, 9.17) is 5.11 Å². The largest absolute Gasteiger partial charge is 0.481 e. The van der Waals surface area contributed by atoms with Crippen molar-refractivity contribution in [1.82, 2.24) is 9.78 Å². The fourth-order valence-corrected chi connectivity index (χ4v) is 2.78. The predicted molar refractivity (Wildman–Crippen MR) is 86.1 cm³/mol. The van der Waals surface area contributed by atoms with Crippen molar-refractivity contribution in [1.29, 1.82) is 0 Å². The van der Waals surface area contributed by atoms with Crippen LogP contribution in [0.15, 0.2) is 42.5 Å². The average Bonchev–Trinajstić information content (AvgIpc) is 2.80. The summed E-state index contributed by atoms with van der Waals surface area (Å²) in [5.41, 5.74) is 5.24. The van der Waals surface area contributed by atoms with Gasteiger partial charge >= 0.3 is 5.97 Å². The van der Waals surface area contributed by atoms with Gasteiger partial charge in [-0.05, 0) is 31.0 Å². The molecule has 0 atom stereocenters. The van der Waals surface area contributed by atoms with Gasteiger partial charge in [0.25, 0.3) is 0 Å². The summed E-state index contributed by atoms with van der Waals surface area (Å²) < 4.78 is 1.89. The maximum absolute atomic E-state index is 11.0. The molecule has 3 rings (SSSR count). The molecule has 1 N–H and O–H groups in total. The van der Waals surface area contributed by atoms with Crippen molar-refractivity contribution in [2.75, 3.05) is 0 Å². The number of para-hydroxylation sites is 1. The van der Waals surface area contributed by atoms with E-state index >= 15 is 0 Å². The Hall–Kier alpha value is -2.62. The molecule has 0 saturated heterocycles. The molecule has 0 aliphatic heterocycles. The van der Waals surface area contributed by atoms with Gasteiger partial charge in [0.05, 0.1) is 24.2 Å². The minimum atomic E-state index is -0.859. The van der Waals surface area contributed by atoms with Crippen molar-refractivity contribution in [3.63, 3.8) is 0 Å². The van der Waals surface area contributed by atoms with Gasteiger partial charge in [-0.3, -0.25) is 9.48 Å². The van der Waals surface area contributed by atoms with E-state index in [2.05, 4.69) is 37.1 Å². The maximum atomic E-state index is 11.0. The van der Waals surface area contributed by atoms with Gasteiger partial charge in [-0.1, -0.05) is 42.0 Å². The van der Waals surface area contributed by atoms with Crippen LogP contribution in [0.2, 0.25) is 0 Å². The van der Waals surface area contributed by atoms with Gasteiger partial charge in [-0.15, -0.1) is 0 Å². The Morgan fingerprint density at radius 3 is 2.68 bits per heavy atom. The number of carbonyl (C=O) groups is 1. The molecule has 112 valence electrons. The van der Waals surface area contributed by atoms with Gasteiger partial charge in [0.2, 0.25) is 0 Å². The van der Waals surface area contributed by atoms with E-state index in [1.807, 2.05) is 28.9 Å². The Kier molecular flexibility index (Phi) is 3.67. The standard InChI is InChI=1S/C18H18N2O2/c1-12-7-8-14(13(2)9-12)11-20-17-6-4-3-5-15(17)16(19-20)10-18(21)22/h3-9H,10-11H2,1-2H3,(H,21,22). The molecule has 2 aromatic carbocycles. The number of benzene rings is 2. The third-order valence-electron chi connectivity index (χ3n) is 3.87. The number of hydrogen-bond acceptors (Lipinski definition) is 2. The zero-order valence-electron chi connectivity index (χ0n) is 12.7. The summed E-state index contributed by atoms with van der Waals surface area (Å²) in [5, 5.41) is 14.5. The number of hydrogen-bond donors (Lipinski definition) is 1. The smallest absolute Gasteiger partial charge is 0.309 e. The summed E-state index contributed by atoms with van der Waals surface area (Å²) in [6.45, 7) is 4.81. The highest BCUT2D eigenvalue weighted by molar-refractivity contribution is 5.85. The van der Waals surface area contributed by atoms with E-state index in [0.29, 0.717) is 12.2 Å². The lowest BCUT2D eigenvalue weighted by atomic mass is 10.1. The SMILES string of the molecule is Cc1ccc(Cn2nc(CC(=O)O)c3ccccc32)c(C)c1. The monoisotopic (exact) mass is 294 g/mol. The molecule has 22 heavy (non-hydrogen) atoms. The highest BCUT2D eigenvalue weighted by atomic mass is 16.4. The molecule has 0 radical (unpaired) electrons. The summed E-state index contributed by atoms with van der Waals surface area (Å²) in [6, 6.07) is 14.1. The number of carboxylic acid groups (broad SMARTS) is 1. The molecule has 3 aromatic rings. The predicted octanol–water partition coefficient (Wildman–Crippen LogP) is 3.33. The number of aryl methyl sites for hydroxylation is 2. The first-order chi connectivity index (χ1) is 10.5. The summed E-state index contributed by atoms with van der Waals surface area (Å²) in [4.78, 5) is 11.0. The topological polar surface area (TPSA) is 55.1 Å². The number of aromatic nitrogens is 2. The Labute approximate surface area is 129 Å². The van der Waals surface area contributed by atoms with Crippen LogP contribution >= 0.6 is 0 Å². The average molecular weight is 294 g/mol. The fourth-order valence-electron chi connectivity index (χ4n) is 2.78. The van der Waals surface area contributed by atoms with Gasteiger partial charge in [0, 0.05) is 5.39 Å². The van der Waals surface area contributed by atoms with E-state index in [9.17, 15) is 4.79 Å². The molecule has 1 heterocycles. The Morgan fingerprint density at radius 1 is 1.18 bits per heavy atom. The van der Waals surface area contributed by atoms with Crippen LogP contribution in [0.4, 0.5) is 0 Å². The molecule has 0 aliphatic rings. The minimum absolute atomic E-state index is 0.0552. The second-order valence-corrected chi connectivity index (χ2v) is 5.62. The second kappa shape index (κ2) is 5.64. The molecular formula is C18H18N2O2. The lowest BCUT2D eigenvalue weighted by Gasteiger charge is -2.08. The number of fused-ring (bicyclic) bond motifs is 1. The van der Waals surface area contributed by atoms with Crippen LogP contribution in [0.5, 0.6) is 0 Å². The number of rotatable bonds is 4. The van der Waals surface area contributed by atoms with Crippen molar-refractivity contribution in [3.05, 3.63) is 64.8 Å². The summed E-state index contributed by atoms with van der Waals surface area (Å²) >= 11 is 0. The van der Waals surface area contributed by atoms with E-state index in [0.717, 1.165) is 10.9 Å². The van der Waals surface area contributed by atoms with Crippen molar-refractivity contribution < 1.29 is 9.90 Å². The van der Waals surface area contributed by atoms with E-state index < -0.39 is 5.97 Å². The molecule has 0 fully saturated rings. The molecule has 4 nitrogen and oxygen atoms in total. The highest BCUT2D eigenvalue weighted by Crippen LogP contribution is 2.21. The van der Waals surface area contributed by atoms with Gasteiger partial charge < -0.3 is 5.11 Å². The first-order valence-corrected chi connectivity index (χ1v) is 7.27. The number of carboxylic acids is 1. The Bertz CT molecular complexity index is 849. The molecular weight excluding hydrogens is 276 g/mol. The lowest BCUT2D eigenvalue weighted by Crippen LogP contribution is -2.06. The summed E-state index contributed by atoms with van der Waals surface area (Å²) in [7, 11) is 0. The van der Waals surface area contributed by atoms with Gasteiger partial charge in [0.1, 0.15) is 0 Å². The van der Waals surface area contributed by atoms with Crippen molar-refractivity contribution in [2.45, 2.75) is 26.8 Å². The van der Waals surface area contributed by atoms with Crippen LogP contribution in [0.25, 0.3) is 10.9 Å². The van der Waals surface area contributed by atoms with Crippen molar-refractivity contribution in [3.8, 4) is 0 Å². The fraction of sp³-hybridized carbons (Fsp3) is 0.222. The highest BCUT2D eigenvalue weighted by Gasteiger charge is 2.13. The van der Waals surface area contributed by atoms with Crippen LogP contribution < -0.4 is 0 Å². The van der Waals surface area contributed by atoms with E-state index in [1.54, 1.807) is 0 Å². The van der Waals surface area contributed by atoms with Gasteiger partial charge in [-0.25, -0.2) is 0 Å². The molecule has 4 heteroatoms. The molecule has 0 amide bonds. The first kappa shape index (κ1) is 14.3. The molecule has 0 spiro atoms. The summed E-state index contributed by atoms with van der Waals surface area (Å²) in [5.74, 6) is -0.859. The zero-order chi connectivity index (χ0) is 15.7. The quantitative estimate of drug-likeness (QED) is 0.803. The Morgan fingerprint density at radius 2 is 1.95 bits per heavy atom. The Balaban J connectivity index is 2.05. The maximum Gasteiger partial charge on any atom is 0.309 e. The molecule has 0 bridgehead atoms.